The fraction of sp³-hybridized carbons (Fsp3) is 0.667. The van der Waals surface area contributed by atoms with Crippen LogP contribution in [0.3, 0.4) is 0 Å². The van der Waals surface area contributed by atoms with E-state index < -0.39 is 0 Å². The van der Waals surface area contributed by atoms with Crippen molar-refractivity contribution >= 4 is 11.3 Å². The van der Waals surface area contributed by atoms with Crippen molar-refractivity contribution < 1.29 is 0 Å². The molecule has 3 fully saturated rings. The molecule has 3 heteroatoms. The van der Waals surface area contributed by atoms with Crippen molar-refractivity contribution in [2.45, 2.75) is 25.4 Å². The summed E-state index contributed by atoms with van der Waals surface area (Å²) in [6.07, 6.45) is 2.81. The molecule has 82 valence electrons. The van der Waals surface area contributed by atoms with Crippen molar-refractivity contribution in [3.05, 3.63) is 22.4 Å². The first-order valence-corrected chi connectivity index (χ1v) is 6.78. The number of hydrogen-bond donors (Lipinski definition) is 1. The van der Waals surface area contributed by atoms with Gasteiger partial charge in [-0.2, -0.15) is 0 Å². The van der Waals surface area contributed by atoms with Gasteiger partial charge in [-0.1, -0.05) is 6.07 Å². The molecule has 0 aliphatic carbocycles. The van der Waals surface area contributed by atoms with Crippen LogP contribution >= 0.6 is 11.3 Å². The minimum atomic E-state index is 0.745. The summed E-state index contributed by atoms with van der Waals surface area (Å²) in [4.78, 5) is 4.07. The molecule has 2 bridgehead atoms. The number of piperidine rings is 3. The first-order valence-electron chi connectivity index (χ1n) is 5.90. The van der Waals surface area contributed by atoms with E-state index in [1.165, 1.54) is 37.4 Å². The first kappa shape index (κ1) is 9.82. The van der Waals surface area contributed by atoms with Crippen molar-refractivity contribution in [2.75, 3.05) is 19.6 Å². The van der Waals surface area contributed by atoms with Gasteiger partial charge in [-0.25, -0.2) is 0 Å². The maximum absolute atomic E-state index is 3.72. The Kier molecular flexibility index (Phi) is 2.77. The minimum absolute atomic E-state index is 0.745. The zero-order chi connectivity index (χ0) is 10.1. The molecule has 1 N–H and O–H groups in total. The predicted molar refractivity (Wildman–Crippen MR) is 64.1 cm³/mol. The summed E-state index contributed by atoms with van der Waals surface area (Å²) < 4.78 is 0. The molecular weight excluding hydrogens is 204 g/mol. The molecule has 2 nitrogen and oxygen atoms in total. The van der Waals surface area contributed by atoms with Crippen molar-refractivity contribution in [3.63, 3.8) is 0 Å². The van der Waals surface area contributed by atoms with E-state index in [2.05, 4.69) is 27.7 Å². The smallest absolute Gasteiger partial charge is 0.0302 e. The van der Waals surface area contributed by atoms with Crippen LogP contribution in [0.2, 0.25) is 0 Å². The van der Waals surface area contributed by atoms with Gasteiger partial charge >= 0.3 is 0 Å². The summed E-state index contributed by atoms with van der Waals surface area (Å²) in [5.74, 6) is 0.940. The molecule has 3 saturated heterocycles. The second kappa shape index (κ2) is 4.24. The van der Waals surface area contributed by atoms with Gasteiger partial charge in [-0.15, -0.1) is 11.3 Å². The Balaban J connectivity index is 1.55. The lowest BCUT2D eigenvalue weighted by Crippen LogP contribution is -2.55. The van der Waals surface area contributed by atoms with E-state index in [9.17, 15) is 0 Å². The quantitative estimate of drug-likeness (QED) is 0.840. The second-order valence-electron chi connectivity index (χ2n) is 4.70. The maximum atomic E-state index is 3.72. The highest BCUT2D eigenvalue weighted by Crippen LogP contribution is 2.27. The van der Waals surface area contributed by atoms with Gasteiger partial charge in [0.25, 0.3) is 0 Å². The molecular formula is C12H18N2S. The summed E-state index contributed by atoms with van der Waals surface area (Å²) in [7, 11) is 0. The maximum Gasteiger partial charge on any atom is 0.0302 e. The Bertz CT molecular complexity index is 301. The molecule has 3 aliphatic heterocycles. The molecule has 15 heavy (non-hydrogen) atoms. The summed E-state index contributed by atoms with van der Waals surface area (Å²) in [6.45, 7) is 5.01. The molecule has 1 atom stereocenters. The minimum Gasteiger partial charge on any atom is -0.308 e. The Labute approximate surface area is 95.3 Å². The molecule has 1 aromatic rings. The highest BCUT2D eigenvalue weighted by atomic mass is 32.1. The lowest BCUT2D eigenvalue weighted by atomic mass is 9.84. The number of hydrogen-bond acceptors (Lipinski definition) is 3. The number of nitrogens with zero attached hydrogens (tertiary/aromatic N) is 1. The molecule has 0 aromatic carbocycles. The predicted octanol–water partition coefficient (Wildman–Crippen LogP) is 1.93. The Hall–Kier alpha value is -0.380. The monoisotopic (exact) mass is 222 g/mol. The van der Waals surface area contributed by atoms with Crippen molar-refractivity contribution in [2.24, 2.45) is 5.92 Å². The fourth-order valence-corrected chi connectivity index (χ4v) is 3.50. The molecule has 0 amide bonds. The fourth-order valence-electron chi connectivity index (χ4n) is 2.84. The van der Waals surface area contributed by atoms with Gasteiger partial charge in [0.05, 0.1) is 0 Å². The van der Waals surface area contributed by atoms with E-state index >= 15 is 0 Å². The molecule has 0 spiro atoms. The third-order valence-electron chi connectivity index (χ3n) is 3.77. The van der Waals surface area contributed by atoms with Gasteiger partial charge in [0, 0.05) is 24.0 Å². The van der Waals surface area contributed by atoms with Crippen LogP contribution in [0.5, 0.6) is 0 Å². The van der Waals surface area contributed by atoms with Gasteiger partial charge in [0.15, 0.2) is 0 Å². The number of thiophene rings is 1. The lowest BCUT2D eigenvalue weighted by Gasteiger charge is -2.45. The second-order valence-corrected chi connectivity index (χ2v) is 5.74. The van der Waals surface area contributed by atoms with Gasteiger partial charge in [0.1, 0.15) is 0 Å². The highest BCUT2D eigenvalue weighted by Gasteiger charge is 2.33. The molecule has 4 rings (SSSR count). The van der Waals surface area contributed by atoms with Crippen LogP contribution in [-0.4, -0.2) is 30.6 Å². The first-order chi connectivity index (χ1) is 7.42. The van der Waals surface area contributed by atoms with E-state index in [4.69, 9.17) is 0 Å². The molecule has 1 aromatic heterocycles. The van der Waals surface area contributed by atoms with Crippen LogP contribution in [0.25, 0.3) is 0 Å². The standard InChI is InChI=1S/C12H18N2S/c1-2-11(15-7-1)8-13-12-9-14-5-3-10(12)4-6-14/h1-2,7,10,12-13H,3-6,8-9H2/t12-/m1/s1. The summed E-state index contributed by atoms with van der Waals surface area (Å²) in [5, 5.41) is 5.88. The van der Waals surface area contributed by atoms with Crippen LogP contribution in [0.1, 0.15) is 17.7 Å². The van der Waals surface area contributed by atoms with Crippen molar-refractivity contribution in [1.82, 2.24) is 10.2 Å². The number of nitrogens with one attached hydrogen (secondary N) is 1. The molecule has 4 heterocycles. The van der Waals surface area contributed by atoms with E-state index in [0.29, 0.717) is 0 Å². The highest BCUT2D eigenvalue weighted by molar-refractivity contribution is 7.09. The SMILES string of the molecule is c1csc(CN[C@@H]2CN3CCC2CC3)c1. The molecule has 0 unspecified atom stereocenters. The van der Waals surface area contributed by atoms with Crippen LogP contribution in [0, 0.1) is 5.92 Å². The lowest BCUT2D eigenvalue weighted by molar-refractivity contribution is 0.0721. The Morgan fingerprint density at radius 2 is 2.27 bits per heavy atom. The van der Waals surface area contributed by atoms with Gasteiger partial charge in [-0.05, 0) is 43.3 Å². The third kappa shape index (κ3) is 2.10. The summed E-state index contributed by atoms with van der Waals surface area (Å²) in [6, 6.07) is 5.10. The van der Waals surface area contributed by atoms with E-state index in [0.717, 1.165) is 18.5 Å². The van der Waals surface area contributed by atoms with Crippen molar-refractivity contribution in [1.29, 1.82) is 0 Å². The van der Waals surface area contributed by atoms with Crippen LogP contribution in [0.15, 0.2) is 17.5 Å². The number of fused-ring (bicyclic) bond motifs is 3. The summed E-state index contributed by atoms with van der Waals surface area (Å²) >= 11 is 1.86. The van der Waals surface area contributed by atoms with Crippen LogP contribution in [-0.2, 0) is 6.54 Å². The normalized spacial score (nSPS) is 34.5. The largest absolute Gasteiger partial charge is 0.308 e. The van der Waals surface area contributed by atoms with E-state index in [1.807, 2.05) is 11.3 Å². The average molecular weight is 222 g/mol. The summed E-state index contributed by atoms with van der Waals surface area (Å²) in [5.41, 5.74) is 0. The number of rotatable bonds is 3. The molecule has 0 radical (unpaired) electrons. The molecule has 0 saturated carbocycles. The van der Waals surface area contributed by atoms with Crippen LogP contribution in [0.4, 0.5) is 0 Å². The zero-order valence-corrected chi connectivity index (χ0v) is 9.80. The van der Waals surface area contributed by atoms with Gasteiger partial charge in [0.2, 0.25) is 0 Å². The Morgan fingerprint density at radius 3 is 2.87 bits per heavy atom. The van der Waals surface area contributed by atoms with E-state index in [-0.39, 0.29) is 0 Å². The van der Waals surface area contributed by atoms with Gasteiger partial charge < -0.3 is 10.2 Å². The van der Waals surface area contributed by atoms with Crippen LogP contribution < -0.4 is 5.32 Å². The van der Waals surface area contributed by atoms with Crippen molar-refractivity contribution in [3.8, 4) is 0 Å². The average Bonchev–Trinajstić information content (AvgIpc) is 2.81. The molecule has 3 aliphatic rings. The third-order valence-corrected chi connectivity index (χ3v) is 4.65. The zero-order valence-electron chi connectivity index (χ0n) is 8.98. The van der Waals surface area contributed by atoms with E-state index in [1.54, 1.807) is 0 Å². The van der Waals surface area contributed by atoms with Gasteiger partial charge in [-0.3, -0.25) is 0 Å². The topological polar surface area (TPSA) is 15.3 Å². The Morgan fingerprint density at radius 1 is 1.40 bits per heavy atom.